The fraction of sp³-hybridized carbons (Fsp3) is 0. The fourth-order valence-corrected chi connectivity index (χ4v) is 1.80. The molecule has 0 spiro atoms. The minimum absolute atomic E-state index is 0.226. The number of benzene rings is 2. The molecule has 0 aliphatic rings. The number of aliphatic carboxylic acids is 1. The van der Waals surface area contributed by atoms with Gasteiger partial charge in [-0.05, 0) is 11.6 Å². The van der Waals surface area contributed by atoms with E-state index >= 15 is 0 Å². The van der Waals surface area contributed by atoms with Gasteiger partial charge in [0, 0.05) is 0 Å². The van der Waals surface area contributed by atoms with Gasteiger partial charge in [0.25, 0.3) is 0 Å². The molecule has 22 heavy (non-hydrogen) atoms. The molecule has 0 fully saturated rings. The maximum atomic E-state index is 13.7. The van der Waals surface area contributed by atoms with E-state index in [9.17, 15) is 26.7 Å². The SMILES string of the molecule is O=C(O)/C(=C\c1ccccc1)c1c(F)c(F)c(F)c(F)c1F. The minimum atomic E-state index is -2.34. The Balaban J connectivity index is 2.76. The lowest BCUT2D eigenvalue weighted by atomic mass is 10.0. The van der Waals surface area contributed by atoms with Gasteiger partial charge in [0.2, 0.25) is 5.82 Å². The molecule has 0 heterocycles. The number of halogens is 5. The monoisotopic (exact) mass is 314 g/mol. The molecule has 0 aromatic heterocycles. The molecular formula is C15H7F5O2. The van der Waals surface area contributed by atoms with Crippen molar-refractivity contribution in [3.8, 4) is 0 Å². The van der Waals surface area contributed by atoms with Crippen LogP contribution in [0.2, 0.25) is 0 Å². The van der Waals surface area contributed by atoms with E-state index in [1.165, 1.54) is 24.3 Å². The van der Waals surface area contributed by atoms with Gasteiger partial charge < -0.3 is 5.11 Å². The summed E-state index contributed by atoms with van der Waals surface area (Å²) in [5.41, 5.74) is -2.30. The fourth-order valence-electron chi connectivity index (χ4n) is 1.80. The standard InChI is InChI=1S/C15H7F5O2/c16-10-9(11(17)13(19)14(20)12(10)18)8(15(21)22)6-7-4-2-1-3-5-7/h1-6H,(H,21,22)/b8-6-. The largest absolute Gasteiger partial charge is 0.478 e. The van der Waals surface area contributed by atoms with Gasteiger partial charge in [-0.15, -0.1) is 0 Å². The van der Waals surface area contributed by atoms with Crippen molar-refractivity contribution in [3.05, 3.63) is 70.5 Å². The molecule has 0 atom stereocenters. The van der Waals surface area contributed by atoms with Gasteiger partial charge in [-0.25, -0.2) is 26.7 Å². The van der Waals surface area contributed by atoms with E-state index < -0.39 is 46.2 Å². The number of carboxylic acids is 1. The summed E-state index contributed by atoms with van der Waals surface area (Å²) >= 11 is 0. The van der Waals surface area contributed by atoms with Gasteiger partial charge in [-0.2, -0.15) is 0 Å². The zero-order chi connectivity index (χ0) is 16.4. The predicted molar refractivity (Wildman–Crippen MR) is 68.2 cm³/mol. The van der Waals surface area contributed by atoms with Gasteiger partial charge in [0.1, 0.15) is 0 Å². The highest BCUT2D eigenvalue weighted by atomic mass is 19.2. The third-order valence-electron chi connectivity index (χ3n) is 2.82. The number of carbonyl (C=O) groups is 1. The smallest absolute Gasteiger partial charge is 0.336 e. The Morgan fingerprint density at radius 1 is 0.818 bits per heavy atom. The summed E-state index contributed by atoms with van der Waals surface area (Å²) < 4.78 is 66.7. The quantitative estimate of drug-likeness (QED) is 0.306. The highest BCUT2D eigenvalue weighted by Crippen LogP contribution is 2.29. The second-order valence-corrected chi connectivity index (χ2v) is 4.22. The van der Waals surface area contributed by atoms with E-state index in [0.29, 0.717) is 0 Å². The zero-order valence-electron chi connectivity index (χ0n) is 10.7. The summed E-state index contributed by atoms with van der Waals surface area (Å²) in [5.74, 6) is -13.0. The molecule has 0 aliphatic carbocycles. The summed E-state index contributed by atoms with van der Waals surface area (Å²) in [6, 6.07) is 7.47. The molecule has 2 rings (SSSR count). The Morgan fingerprint density at radius 3 is 1.73 bits per heavy atom. The first-order valence-corrected chi connectivity index (χ1v) is 5.86. The molecule has 1 N–H and O–H groups in total. The van der Waals surface area contributed by atoms with Crippen molar-refractivity contribution in [2.75, 3.05) is 0 Å². The van der Waals surface area contributed by atoms with Crippen molar-refractivity contribution in [2.24, 2.45) is 0 Å². The Kier molecular flexibility index (Phi) is 4.25. The van der Waals surface area contributed by atoms with Crippen LogP contribution in [0.15, 0.2) is 30.3 Å². The van der Waals surface area contributed by atoms with Crippen LogP contribution in [0.4, 0.5) is 22.0 Å². The van der Waals surface area contributed by atoms with E-state index in [1.807, 2.05) is 0 Å². The topological polar surface area (TPSA) is 37.3 Å². The van der Waals surface area contributed by atoms with Crippen molar-refractivity contribution in [2.45, 2.75) is 0 Å². The molecule has 0 amide bonds. The van der Waals surface area contributed by atoms with E-state index in [4.69, 9.17) is 5.11 Å². The first kappa shape index (κ1) is 15.7. The summed E-state index contributed by atoms with van der Waals surface area (Å²) in [5, 5.41) is 9.05. The summed E-state index contributed by atoms with van der Waals surface area (Å²) in [4.78, 5) is 11.2. The maximum Gasteiger partial charge on any atom is 0.336 e. The normalized spacial score (nSPS) is 11.6. The zero-order valence-corrected chi connectivity index (χ0v) is 10.7. The highest BCUT2D eigenvalue weighted by molar-refractivity contribution is 6.20. The first-order valence-electron chi connectivity index (χ1n) is 5.86. The van der Waals surface area contributed by atoms with Gasteiger partial charge in [0.05, 0.1) is 11.1 Å². The van der Waals surface area contributed by atoms with Crippen molar-refractivity contribution >= 4 is 17.6 Å². The van der Waals surface area contributed by atoms with Crippen molar-refractivity contribution < 1.29 is 31.9 Å². The minimum Gasteiger partial charge on any atom is -0.478 e. The highest BCUT2D eigenvalue weighted by Gasteiger charge is 2.30. The molecule has 2 aromatic carbocycles. The Bertz CT molecular complexity index is 740. The maximum absolute atomic E-state index is 13.7. The van der Waals surface area contributed by atoms with Gasteiger partial charge in [-0.3, -0.25) is 0 Å². The Labute approximate surface area is 121 Å². The lowest BCUT2D eigenvalue weighted by molar-refractivity contribution is -0.130. The van der Waals surface area contributed by atoms with Crippen LogP contribution in [0.5, 0.6) is 0 Å². The number of hydrogen-bond donors (Lipinski definition) is 1. The van der Waals surface area contributed by atoms with Crippen LogP contribution in [0.3, 0.4) is 0 Å². The second-order valence-electron chi connectivity index (χ2n) is 4.22. The molecule has 2 nitrogen and oxygen atoms in total. The predicted octanol–water partition coefficient (Wildman–Crippen LogP) is 4.01. The van der Waals surface area contributed by atoms with E-state index in [0.717, 1.165) is 6.08 Å². The van der Waals surface area contributed by atoms with E-state index in [2.05, 4.69) is 0 Å². The van der Waals surface area contributed by atoms with E-state index in [1.54, 1.807) is 6.07 Å². The number of carboxylic acid groups (broad SMARTS) is 1. The molecule has 0 aliphatic heterocycles. The summed E-state index contributed by atoms with van der Waals surface area (Å²) in [6.07, 6.45) is 0.820. The first-order chi connectivity index (χ1) is 10.3. The number of rotatable bonds is 3. The van der Waals surface area contributed by atoms with Gasteiger partial charge in [0.15, 0.2) is 23.3 Å². The molecule has 0 radical (unpaired) electrons. The summed E-state index contributed by atoms with van der Waals surface area (Å²) in [6.45, 7) is 0. The van der Waals surface area contributed by atoms with Crippen LogP contribution in [0.1, 0.15) is 11.1 Å². The van der Waals surface area contributed by atoms with Crippen LogP contribution in [0, 0.1) is 29.1 Å². The average molecular weight is 314 g/mol. The van der Waals surface area contributed by atoms with Crippen molar-refractivity contribution in [1.29, 1.82) is 0 Å². The Hall–Kier alpha value is -2.70. The van der Waals surface area contributed by atoms with Crippen LogP contribution >= 0.6 is 0 Å². The van der Waals surface area contributed by atoms with Gasteiger partial charge in [-0.1, -0.05) is 30.3 Å². The van der Waals surface area contributed by atoms with Gasteiger partial charge >= 0.3 is 5.97 Å². The molecule has 0 bridgehead atoms. The third kappa shape index (κ3) is 2.69. The molecular weight excluding hydrogens is 307 g/mol. The second kappa shape index (κ2) is 5.97. The average Bonchev–Trinajstić information content (AvgIpc) is 2.51. The molecule has 0 saturated heterocycles. The molecule has 0 saturated carbocycles. The van der Waals surface area contributed by atoms with Crippen molar-refractivity contribution in [1.82, 2.24) is 0 Å². The van der Waals surface area contributed by atoms with Crippen molar-refractivity contribution in [3.63, 3.8) is 0 Å². The van der Waals surface area contributed by atoms with Crippen LogP contribution in [0.25, 0.3) is 11.6 Å². The number of hydrogen-bond acceptors (Lipinski definition) is 1. The molecule has 2 aromatic rings. The van der Waals surface area contributed by atoms with Crippen LogP contribution < -0.4 is 0 Å². The lowest BCUT2D eigenvalue weighted by Crippen LogP contribution is -2.11. The molecule has 0 unspecified atom stereocenters. The molecule has 7 heteroatoms. The Morgan fingerprint density at radius 2 is 1.27 bits per heavy atom. The van der Waals surface area contributed by atoms with E-state index in [-0.39, 0.29) is 5.56 Å². The van der Waals surface area contributed by atoms with Crippen LogP contribution in [-0.2, 0) is 4.79 Å². The molecule has 114 valence electrons. The summed E-state index contributed by atoms with van der Waals surface area (Å²) in [7, 11) is 0. The third-order valence-corrected chi connectivity index (χ3v) is 2.82. The lowest BCUT2D eigenvalue weighted by Gasteiger charge is -2.09. The van der Waals surface area contributed by atoms with Crippen LogP contribution in [-0.4, -0.2) is 11.1 Å².